The Kier molecular flexibility index (Phi) is 8.86. The molecule has 0 aromatic heterocycles. The van der Waals surface area contributed by atoms with Gasteiger partial charge in [0.1, 0.15) is 5.82 Å². The van der Waals surface area contributed by atoms with E-state index >= 15 is 4.39 Å². The largest absolute Gasteiger partial charge is 0.374 e. The number of ether oxygens (including phenoxy) is 1. The third kappa shape index (κ3) is 5.85. The molecule has 2 fully saturated rings. The van der Waals surface area contributed by atoms with E-state index in [-0.39, 0.29) is 5.82 Å². The Balaban J connectivity index is 1.33. The van der Waals surface area contributed by atoms with Crippen LogP contribution in [0.4, 0.5) is 4.39 Å². The maximum Gasteiger partial charge on any atom is 0.130 e. The lowest BCUT2D eigenvalue weighted by atomic mass is 9.65. The van der Waals surface area contributed by atoms with E-state index in [2.05, 4.69) is 31.2 Å². The second-order valence-electron chi connectivity index (χ2n) is 10.9. The highest BCUT2D eigenvalue weighted by Crippen LogP contribution is 2.47. The number of allylic oxidation sites excluding steroid dienone is 1. The quantitative estimate of drug-likeness (QED) is 0.276. The summed E-state index contributed by atoms with van der Waals surface area (Å²) < 4.78 is 21.7. The van der Waals surface area contributed by atoms with E-state index in [1.807, 2.05) is 6.92 Å². The van der Waals surface area contributed by atoms with Crippen molar-refractivity contribution in [1.82, 2.24) is 0 Å². The Morgan fingerprint density at radius 3 is 2.69 bits per heavy atom. The SMILES string of the molecule is C/C=C/COC1CCC2CC(c3ccc4c(c3F)CCC(CCCCCC)C4)CCC2C1. The van der Waals surface area contributed by atoms with Gasteiger partial charge < -0.3 is 4.74 Å². The van der Waals surface area contributed by atoms with Crippen molar-refractivity contribution < 1.29 is 9.13 Å². The molecule has 3 aliphatic carbocycles. The van der Waals surface area contributed by atoms with E-state index in [9.17, 15) is 0 Å². The summed E-state index contributed by atoms with van der Waals surface area (Å²) in [7, 11) is 0. The summed E-state index contributed by atoms with van der Waals surface area (Å²) in [5.74, 6) is 2.90. The van der Waals surface area contributed by atoms with Gasteiger partial charge in [-0.25, -0.2) is 4.39 Å². The summed E-state index contributed by atoms with van der Waals surface area (Å²) in [6.07, 6.45) is 21.8. The molecule has 32 heavy (non-hydrogen) atoms. The number of benzene rings is 1. The van der Waals surface area contributed by atoms with Crippen molar-refractivity contribution in [1.29, 1.82) is 0 Å². The highest BCUT2D eigenvalue weighted by molar-refractivity contribution is 5.38. The smallest absolute Gasteiger partial charge is 0.130 e. The van der Waals surface area contributed by atoms with Crippen molar-refractivity contribution in [3.05, 3.63) is 46.8 Å². The second kappa shape index (κ2) is 11.8. The molecule has 0 radical (unpaired) electrons. The molecule has 4 rings (SSSR count). The minimum absolute atomic E-state index is 0.166. The van der Waals surface area contributed by atoms with Crippen molar-refractivity contribution in [2.24, 2.45) is 17.8 Å². The van der Waals surface area contributed by atoms with Crippen molar-refractivity contribution in [2.75, 3.05) is 6.61 Å². The molecule has 0 bridgehead atoms. The second-order valence-corrected chi connectivity index (χ2v) is 10.9. The van der Waals surface area contributed by atoms with Gasteiger partial charge in [-0.15, -0.1) is 0 Å². The van der Waals surface area contributed by atoms with Crippen LogP contribution >= 0.6 is 0 Å². The molecule has 2 heteroatoms. The zero-order valence-electron chi connectivity index (χ0n) is 20.6. The minimum Gasteiger partial charge on any atom is -0.374 e. The highest BCUT2D eigenvalue weighted by Gasteiger charge is 2.37. The van der Waals surface area contributed by atoms with Gasteiger partial charge in [-0.2, -0.15) is 0 Å². The first kappa shape index (κ1) is 24.0. The zero-order valence-corrected chi connectivity index (χ0v) is 20.6. The molecular formula is C30H45FO. The van der Waals surface area contributed by atoms with Gasteiger partial charge in [0.25, 0.3) is 0 Å². The summed E-state index contributed by atoms with van der Waals surface area (Å²) in [5.41, 5.74) is 3.41. The third-order valence-electron chi connectivity index (χ3n) is 8.82. The molecule has 1 nitrogen and oxygen atoms in total. The van der Waals surface area contributed by atoms with Crippen LogP contribution in [0.1, 0.15) is 114 Å². The number of unbranched alkanes of at least 4 members (excludes halogenated alkanes) is 3. The molecular weight excluding hydrogens is 395 g/mol. The Hall–Kier alpha value is -1.15. The Labute approximate surface area is 196 Å². The lowest BCUT2D eigenvalue weighted by Gasteiger charge is -2.42. The maximum absolute atomic E-state index is 15.7. The summed E-state index contributed by atoms with van der Waals surface area (Å²) in [5, 5.41) is 0. The summed E-state index contributed by atoms with van der Waals surface area (Å²) in [6.45, 7) is 5.07. The van der Waals surface area contributed by atoms with E-state index in [1.54, 1.807) is 0 Å². The summed E-state index contributed by atoms with van der Waals surface area (Å²) in [6, 6.07) is 4.47. The average molecular weight is 441 g/mol. The molecule has 0 amide bonds. The van der Waals surface area contributed by atoms with Gasteiger partial charge in [0, 0.05) is 0 Å². The number of rotatable bonds is 9. The van der Waals surface area contributed by atoms with Crippen molar-refractivity contribution >= 4 is 0 Å². The van der Waals surface area contributed by atoms with Crippen LogP contribution in [0.25, 0.3) is 0 Å². The van der Waals surface area contributed by atoms with Gasteiger partial charge in [-0.1, -0.05) is 63.3 Å². The first-order valence-corrected chi connectivity index (χ1v) is 13.7. The molecule has 0 heterocycles. The summed E-state index contributed by atoms with van der Waals surface area (Å²) >= 11 is 0. The lowest BCUT2D eigenvalue weighted by Crippen LogP contribution is -2.34. The predicted octanol–water partition coefficient (Wildman–Crippen LogP) is 8.55. The van der Waals surface area contributed by atoms with E-state index in [1.165, 1.54) is 76.2 Å². The van der Waals surface area contributed by atoms with Gasteiger partial charge in [-0.3, -0.25) is 0 Å². The first-order chi connectivity index (χ1) is 15.7. The van der Waals surface area contributed by atoms with Crippen LogP contribution in [0.2, 0.25) is 0 Å². The molecule has 2 saturated carbocycles. The molecule has 0 aliphatic heterocycles. The van der Waals surface area contributed by atoms with E-state index in [4.69, 9.17) is 4.74 Å². The number of halogens is 1. The Morgan fingerprint density at radius 1 is 1.00 bits per heavy atom. The standard InChI is InChI=1S/C30H45FO/c1-3-5-7-8-9-22-10-16-28-25(19-22)14-17-29(30(28)31)26-12-11-24-21-27(32-18-6-4-2)15-13-23(24)20-26/h4,6,14,17,22-24,26-27H,3,5,7-13,15-16,18-21H2,1-2H3/b6-4+. The van der Waals surface area contributed by atoms with Gasteiger partial charge in [0.2, 0.25) is 0 Å². The molecule has 1 aromatic rings. The molecule has 3 aliphatic rings. The van der Waals surface area contributed by atoms with Crippen LogP contribution in [-0.4, -0.2) is 12.7 Å². The highest BCUT2D eigenvalue weighted by atomic mass is 19.1. The van der Waals surface area contributed by atoms with E-state index in [0.717, 1.165) is 54.7 Å². The third-order valence-corrected chi connectivity index (χ3v) is 8.82. The van der Waals surface area contributed by atoms with Crippen molar-refractivity contribution in [2.45, 2.75) is 116 Å². The van der Waals surface area contributed by atoms with Crippen LogP contribution < -0.4 is 0 Å². The van der Waals surface area contributed by atoms with Crippen molar-refractivity contribution in [3.8, 4) is 0 Å². The van der Waals surface area contributed by atoms with Crippen LogP contribution in [0.5, 0.6) is 0 Å². The molecule has 178 valence electrons. The van der Waals surface area contributed by atoms with Gasteiger partial charge in [0.15, 0.2) is 0 Å². The number of fused-ring (bicyclic) bond motifs is 2. The summed E-state index contributed by atoms with van der Waals surface area (Å²) in [4.78, 5) is 0. The van der Waals surface area contributed by atoms with E-state index < -0.39 is 0 Å². The fourth-order valence-electron chi connectivity index (χ4n) is 6.89. The minimum atomic E-state index is 0.166. The van der Waals surface area contributed by atoms with Crippen LogP contribution in [0.3, 0.4) is 0 Å². The molecule has 1 aromatic carbocycles. The maximum atomic E-state index is 15.7. The van der Waals surface area contributed by atoms with Crippen LogP contribution in [0.15, 0.2) is 24.3 Å². The molecule has 5 atom stereocenters. The van der Waals surface area contributed by atoms with Gasteiger partial charge >= 0.3 is 0 Å². The monoisotopic (exact) mass is 440 g/mol. The topological polar surface area (TPSA) is 9.23 Å². The molecule has 0 N–H and O–H groups in total. The van der Waals surface area contributed by atoms with Crippen molar-refractivity contribution in [3.63, 3.8) is 0 Å². The fraction of sp³-hybridized carbons (Fsp3) is 0.733. The fourth-order valence-corrected chi connectivity index (χ4v) is 6.89. The Morgan fingerprint density at radius 2 is 1.84 bits per heavy atom. The van der Waals surface area contributed by atoms with Gasteiger partial charge in [-0.05, 0) is 105 Å². The van der Waals surface area contributed by atoms with Gasteiger partial charge in [0.05, 0.1) is 12.7 Å². The van der Waals surface area contributed by atoms with Crippen LogP contribution in [0, 0.1) is 23.6 Å². The normalized spacial score (nSPS) is 30.3. The molecule has 5 unspecified atom stereocenters. The lowest BCUT2D eigenvalue weighted by molar-refractivity contribution is -0.00335. The van der Waals surface area contributed by atoms with Crippen LogP contribution in [-0.2, 0) is 17.6 Å². The Bertz CT molecular complexity index is 753. The average Bonchev–Trinajstić information content (AvgIpc) is 2.82. The molecule has 0 saturated heterocycles. The zero-order chi connectivity index (χ0) is 22.3. The number of hydrogen-bond acceptors (Lipinski definition) is 1. The first-order valence-electron chi connectivity index (χ1n) is 13.7. The molecule has 0 spiro atoms. The number of hydrogen-bond donors (Lipinski definition) is 0. The van der Waals surface area contributed by atoms with E-state index in [0.29, 0.717) is 12.0 Å². The predicted molar refractivity (Wildman–Crippen MR) is 133 cm³/mol.